The van der Waals surface area contributed by atoms with Gasteiger partial charge in [0.25, 0.3) is 0 Å². The van der Waals surface area contributed by atoms with E-state index in [0.29, 0.717) is 19.1 Å². The van der Waals surface area contributed by atoms with Gasteiger partial charge in [0.05, 0.1) is 6.61 Å². The van der Waals surface area contributed by atoms with E-state index in [4.69, 9.17) is 10.8 Å². The van der Waals surface area contributed by atoms with Crippen LogP contribution in [0.25, 0.3) is 0 Å². The van der Waals surface area contributed by atoms with Crippen molar-refractivity contribution in [2.45, 2.75) is 33.4 Å². The number of aromatic nitrogens is 1. The molecule has 0 aliphatic rings. The molecule has 0 atom stereocenters. The van der Waals surface area contributed by atoms with Gasteiger partial charge >= 0.3 is 0 Å². The number of aliphatic hydroxyl groups is 1. The van der Waals surface area contributed by atoms with Crippen LogP contribution < -0.4 is 10.6 Å². The molecule has 0 spiro atoms. The van der Waals surface area contributed by atoms with E-state index >= 15 is 0 Å². The number of nitrogens with two attached hydrogens (primary N) is 1. The van der Waals surface area contributed by atoms with Crippen LogP contribution >= 0.6 is 0 Å². The number of aryl methyl sites for hydroxylation is 1. The van der Waals surface area contributed by atoms with Crippen LogP contribution in [0.1, 0.15) is 25.0 Å². The van der Waals surface area contributed by atoms with Crippen LogP contribution in [0.15, 0.2) is 12.3 Å². The molecule has 0 bridgehead atoms. The van der Waals surface area contributed by atoms with Gasteiger partial charge in [0.1, 0.15) is 5.82 Å². The van der Waals surface area contributed by atoms with E-state index in [-0.39, 0.29) is 6.61 Å². The van der Waals surface area contributed by atoms with Gasteiger partial charge in [-0.25, -0.2) is 4.98 Å². The second-order valence-corrected chi connectivity index (χ2v) is 4.14. The molecule has 1 aromatic heterocycles. The van der Waals surface area contributed by atoms with Gasteiger partial charge in [-0.15, -0.1) is 0 Å². The lowest BCUT2D eigenvalue weighted by Gasteiger charge is -2.29. The molecule has 0 fully saturated rings. The van der Waals surface area contributed by atoms with Crippen molar-refractivity contribution < 1.29 is 5.11 Å². The zero-order chi connectivity index (χ0) is 12.1. The van der Waals surface area contributed by atoms with Gasteiger partial charge in [-0.3, -0.25) is 0 Å². The lowest BCUT2D eigenvalue weighted by Crippen LogP contribution is -2.35. The average Bonchev–Trinajstić information content (AvgIpc) is 2.25. The first-order valence-electron chi connectivity index (χ1n) is 5.63. The van der Waals surface area contributed by atoms with Crippen molar-refractivity contribution in [3.63, 3.8) is 0 Å². The topological polar surface area (TPSA) is 62.4 Å². The fourth-order valence-corrected chi connectivity index (χ4v) is 1.79. The Hall–Kier alpha value is -1.13. The molecule has 3 N–H and O–H groups in total. The molecule has 0 saturated carbocycles. The van der Waals surface area contributed by atoms with Crippen LogP contribution in [0.4, 0.5) is 5.82 Å². The third kappa shape index (κ3) is 2.71. The van der Waals surface area contributed by atoms with Crippen molar-refractivity contribution in [3.8, 4) is 0 Å². The zero-order valence-corrected chi connectivity index (χ0v) is 10.3. The van der Waals surface area contributed by atoms with Crippen molar-refractivity contribution in [2.75, 3.05) is 18.1 Å². The summed E-state index contributed by atoms with van der Waals surface area (Å²) in [6.45, 7) is 7.38. The molecule has 0 aliphatic carbocycles. The monoisotopic (exact) mass is 223 g/mol. The van der Waals surface area contributed by atoms with Crippen molar-refractivity contribution in [3.05, 3.63) is 23.4 Å². The maximum Gasteiger partial charge on any atom is 0.133 e. The molecule has 0 radical (unpaired) electrons. The van der Waals surface area contributed by atoms with Crippen LogP contribution in [-0.4, -0.2) is 29.3 Å². The van der Waals surface area contributed by atoms with Crippen molar-refractivity contribution in [1.29, 1.82) is 0 Å². The summed E-state index contributed by atoms with van der Waals surface area (Å²) in [6.07, 6.45) is 1.79. The fraction of sp³-hybridized carbons (Fsp3) is 0.583. The highest BCUT2D eigenvalue weighted by Gasteiger charge is 2.15. The molecule has 1 aromatic rings. The minimum absolute atomic E-state index is 0.123. The number of aliphatic hydroxyl groups excluding tert-OH is 1. The number of rotatable bonds is 5. The molecule has 0 unspecified atom stereocenters. The van der Waals surface area contributed by atoms with E-state index in [1.165, 1.54) is 0 Å². The molecule has 0 aliphatic heterocycles. The molecular weight excluding hydrogens is 202 g/mol. The second-order valence-electron chi connectivity index (χ2n) is 4.14. The molecule has 4 nitrogen and oxygen atoms in total. The van der Waals surface area contributed by atoms with E-state index in [2.05, 4.69) is 23.7 Å². The fourth-order valence-electron chi connectivity index (χ4n) is 1.79. The maximum absolute atomic E-state index is 9.08. The summed E-state index contributed by atoms with van der Waals surface area (Å²) in [7, 11) is 0. The molecular formula is C12H21N3O. The van der Waals surface area contributed by atoms with E-state index in [1.807, 2.05) is 13.0 Å². The molecule has 0 amide bonds. The summed E-state index contributed by atoms with van der Waals surface area (Å²) in [5.41, 5.74) is 7.97. The molecule has 16 heavy (non-hydrogen) atoms. The molecule has 90 valence electrons. The number of pyridine rings is 1. The summed E-state index contributed by atoms with van der Waals surface area (Å²) in [6, 6.07) is 2.26. The SMILES string of the molecule is Cc1ccnc(N(CCO)C(C)C)c1CN. The Morgan fingerprint density at radius 1 is 1.50 bits per heavy atom. The highest BCUT2D eigenvalue weighted by Crippen LogP contribution is 2.21. The Kier molecular flexibility index (Phi) is 4.71. The molecule has 1 heterocycles. The quantitative estimate of drug-likeness (QED) is 0.783. The Bertz CT molecular complexity index is 339. The van der Waals surface area contributed by atoms with Gasteiger partial charge < -0.3 is 15.7 Å². The smallest absolute Gasteiger partial charge is 0.133 e. The minimum atomic E-state index is 0.123. The second kappa shape index (κ2) is 5.82. The molecule has 0 aromatic carbocycles. The van der Waals surface area contributed by atoms with Crippen molar-refractivity contribution in [2.24, 2.45) is 5.73 Å². The summed E-state index contributed by atoms with van der Waals surface area (Å²) >= 11 is 0. The first kappa shape index (κ1) is 12.9. The lowest BCUT2D eigenvalue weighted by molar-refractivity contribution is 0.298. The van der Waals surface area contributed by atoms with Gasteiger partial charge in [-0.05, 0) is 32.4 Å². The predicted octanol–water partition coefficient (Wildman–Crippen LogP) is 1.06. The van der Waals surface area contributed by atoms with Gasteiger partial charge in [-0.2, -0.15) is 0 Å². The van der Waals surface area contributed by atoms with Crippen molar-refractivity contribution >= 4 is 5.82 Å². The summed E-state index contributed by atoms with van der Waals surface area (Å²) in [5, 5.41) is 9.08. The zero-order valence-electron chi connectivity index (χ0n) is 10.3. The Morgan fingerprint density at radius 3 is 2.69 bits per heavy atom. The number of nitrogens with zero attached hydrogens (tertiary/aromatic N) is 2. The van der Waals surface area contributed by atoms with Crippen LogP contribution in [0.3, 0.4) is 0 Å². The van der Waals surface area contributed by atoms with Crippen LogP contribution in [-0.2, 0) is 6.54 Å². The van der Waals surface area contributed by atoms with Gasteiger partial charge in [0.2, 0.25) is 0 Å². The van der Waals surface area contributed by atoms with E-state index in [0.717, 1.165) is 16.9 Å². The summed E-state index contributed by atoms with van der Waals surface area (Å²) < 4.78 is 0. The highest BCUT2D eigenvalue weighted by atomic mass is 16.3. The van der Waals surface area contributed by atoms with E-state index in [9.17, 15) is 0 Å². The van der Waals surface area contributed by atoms with E-state index < -0.39 is 0 Å². The minimum Gasteiger partial charge on any atom is -0.395 e. The normalized spacial score (nSPS) is 10.9. The summed E-state index contributed by atoms with van der Waals surface area (Å²) in [5.74, 6) is 0.895. The number of hydrogen-bond acceptors (Lipinski definition) is 4. The third-order valence-electron chi connectivity index (χ3n) is 2.71. The van der Waals surface area contributed by atoms with Gasteiger partial charge in [0.15, 0.2) is 0 Å². The summed E-state index contributed by atoms with van der Waals surface area (Å²) in [4.78, 5) is 6.46. The van der Waals surface area contributed by atoms with Gasteiger partial charge in [-0.1, -0.05) is 0 Å². The Morgan fingerprint density at radius 2 is 2.19 bits per heavy atom. The number of anilines is 1. The predicted molar refractivity (Wildman–Crippen MR) is 66.4 cm³/mol. The Balaban J connectivity index is 3.12. The first-order chi connectivity index (χ1) is 7.61. The average molecular weight is 223 g/mol. The third-order valence-corrected chi connectivity index (χ3v) is 2.71. The van der Waals surface area contributed by atoms with Gasteiger partial charge in [0, 0.05) is 30.9 Å². The highest BCUT2D eigenvalue weighted by molar-refractivity contribution is 5.50. The van der Waals surface area contributed by atoms with Crippen LogP contribution in [0.5, 0.6) is 0 Å². The maximum atomic E-state index is 9.08. The van der Waals surface area contributed by atoms with Crippen molar-refractivity contribution in [1.82, 2.24) is 4.98 Å². The standard InChI is InChI=1S/C12H21N3O/c1-9(2)15(6-7-16)12-11(8-13)10(3)4-5-14-12/h4-5,9,16H,6-8,13H2,1-3H3. The van der Waals surface area contributed by atoms with Crippen LogP contribution in [0.2, 0.25) is 0 Å². The van der Waals surface area contributed by atoms with E-state index in [1.54, 1.807) is 6.20 Å². The molecule has 1 rings (SSSR count). The molecule has 0 saturated heterocycles. The molecule has 4 heteroatoms. The first-order valence-corrected chi connectivity index (χ1v) is 5.63. The largest absolute Gasteiger partial charge is 0.395 e. The van der Waals surface area contributed by atoms with Crippen LogP contribution in [0, 0.1) is 6.92 Å². The Labute approximate surface area is 97.1 Å². The number of hydrogen-bond donors (Lipinski definition) is 2. The lowest BCUT2D eigenvalue weighted by atomic mass is 10.1.